The van der Waals surface area contributed by atoms with E-state index < -0.39 is 26.6 Å². The number of ether oxygens (including phenoxy) is 1. The standard InChI is InChI=1S/C18H15F2N3O3S/c1-26-15-9-14(23-18(10-15)17-4-2-3-5-21-17)11-22-27(24,25)16-7-12(19)6-13(20)8-16/h2-10,22H,11H2,1H3. The molecular weight excluding hydrogens is 376 g/mol. The summed E-state index contributed by atoms with van der Waals surface area (Å²) in [6, 6.07) is 10.6. The van der Waals surface area contributed by atoms with E-state index in [4.69, 9.17) is 4.74 Å². The highest BCUT2D eigenvalue weighted by molar-refractivity contribution is 7.89. The summed E-state index contributed by atoms with van der Waals surface area (Å²) >= 11 is 0. The maximum atomic E-state index is 13.3. The molecule has 9 heteroatoms. The van der Waals surface area contributed by atoms with Crippen molar-refractivity contribution in [1.29, 1.82) is 0 Å². The highest BCUT2D eigenvalue weighted by Gasteiger charge is 2.17. The van der Waals surface area contributed by atoms with E-state index in [0.29, 0.717) is 28.9 Å². The van der Waals surface area contributed by atoms with Crippen molar-refractivity contribution in [3.63, 3.8) is 0 Å². The number of methoxy groups -OCH3 is 1. The summed E-state index contributed by atoms with van der Waals surface area (Å²) in [5.74, 6) is -1.49. The van der Waals surface area contributed by atoms with Crippen molar-refractivity contribution in [3.8, 4) is 17.1 Å². The predicted molar refractivity (Wildman–Crippen MR) is 94.4 cm³/mol. The van der Waals surface area contributed by atoms with Gasteiger partial charge in [-0.3, -0.25) is 4.98 Å². The number of hydrogen-bond acceptors (Lipinski definition) is 5. The summed E-state index contributed by atoms with van der Waals surface area (Å²) in [5, 5.41) is 0. The molecule has 0 amide bonds. The van der Waals surface area contributed by atoms with E-state index in [1.54, 1.807) is 36.5 Å². The topological polar surface area (TPSA) is 81.2 Å². The second kappa shape index (κ2) is 7.77. The molecule has 2 heterocycles. The van der Waals surface area contributed by atoms with Crippen molar-refractivity contribution in [1.82, 2.24) is 14.7 Å². The highest BCUT2D eigenvalue weighted by atomic mass is 32.2. The zero-order valence-corrected chi connectivity index (χ0v) is 15.0. The maximum Gasteiger partial charge on any atom is 0.241 e. The van der Waals surface area contributed by atoms with Gasteiger partial charge in [-0.25, -0.2) is 26.9 Å². The minimum absolute atomic E-state index is 0.197. The molecular formula is C18H15F2N3O3S. The normalized spacial score (nSPS) is 11.4. The van der Waals surface area contributed by atoms with Crippen molar-refractivity contribution in [2.24, 2.45) is 0 Å². The Morgan fingerprint density at radius 1 is 1.04 bits per heavy atom. The Hall–Kier alpha value is -2.91. The largest absolute Gasteiger partial charge is 0.497 e. The third-order valence-corrected chi connectivity index (χ3v) is 4.99. The number of sulfonamides is 1. The third-order valence-electron chi connectivity index (χ3n) is 3.60. The van der Waals surface area contributed by atoms with E-state index in [1.807, 2.05) is 0 Å². The van der Waals surface area contributed by atoms with Gasteiger partial charge in [0.15, 0.2) is 0 Å². The maximum absolute atomic E-state index is 13.3. The van der Waals surface area contributed by atoms with Gasteiger partial charge >= 0.3 is 0 Å². The Morgan fingerprint density at radius 3 is 2.41 bits per heavy atom. The van der Waals surface area contributed by atoms with Gasteiger partial charge in [-0.2, -0.15) is 0 Å². The number of nitrogens with one attached hydrogen (secondary N) is 1. The first kappa shape index (κ1) is 18.9. The number of pyridine rings is 2. The average molecular weight is 391 g/mol. The minimum atomic E-state index is -4.13. The number of benzene rings is 1. The van der Waals surface area contributed by atoms with E-state index in [2.05, 4.69) is 14.7 Å². The predicted octanol–water partition coefficient (Wildman–Crippen LogP) is 2.91. The summed E-state index contributed by atoms with van der Waals surface area (Å²) < 4.78 is 58.7. The Balaban J connectivity index is 1.87. The van der Waals surface area contributed by atoms with Crippen LogP contribution in [0.5, 0.6) is 5.75 Å². The molecule has 0 atom stereocenters. The van der Waals surface area contributed by atoms with E-state index in [9.17, 15) is 17.2 Å². The summed E-state index contributed by atoms with van der Waals surface area (Å²) in [6.45, 7) is -0.197. The monoisotopic (exact) mass is 391 g/mol. The second-order valence-electron chi connectivity index (χ2n) is 5.53. The molecule has 0 saturated carbocycles. The minimum Gasteiger partial charge on any atom is -0.497 e. The van der Waals surface area contributed by atoms with Crippen LogP contribution in [0.2, 0.25) is 0 Å². The van der Waals surface area contributed by atoms with Gasteiger partial charge in [-0.15, -0.1) is 0 Å². The zero-order chi connectivity index (χ0) is 19.4. The van der Waals surface area contributed by atoms with Crippen molar-refractivity contribution < 1.29 is 21.9 Å². The molecule has 3 rings (SSSR count). The number of hydrogen-bond donors (Lipinski definition) is 1. The van der Waals surface area contributed by atoms with Crippen LogP contribution in [0, 0.1) is 11.6 Å². The van der Waals surface area contributed by atoms with Crippen molar-refractivity contribution in [3.05, 3.63) is 72.1 Å². The van der Waals surface area contributed by atoms with Crippen LogP contribution in [0.15, 0.2) is 59.6 Å². The molecule has 0 saturated heterocycles. The molecule has 0 radical (unpaired) electrons. The molecule has 0 bridgehead atoms. The van der Waals surface area contributed by atoms with Gasteiger partial charge in [0.05, 0.1) is 35.6 Å². The van der Waals surface area contributed by atoms with E-state index >= 15 is 0 Å². The summed E-state index contributed by atoms with van der Waals surface area (Å²) in [5.41, 5.74) is 1.45. The SMILES string of the molecule is COc1cc(CNS(=O)(=O)c2cc(F)cc(F)c2)nc(-c2ccccn2)c1. The van der Waals surface area contributed by atoms with Gasteiger partial charge in [-0.05, 0) is 24.3 Å². The number of rotatable bonds is 6. The van der Waals surface area contributed by atoms with Gasteiger partial charge < -0.3 is 4.74 Å². The first-order chi connectivity index (χ1) is 12.9. The van der Waals surface area contributed by atoms with Crippen LogP contribution in [-0.4, -0.2) is 25.5 Å². The fourth-order valence-corrected chi connectivity index (χ4v) is 3.39. The Bertz CT molecular complexity index is 1040. The second-order valence-corrected chi connectivity index (χ2v) is 7.30. The molecule has 3 aromatic rings. The van der Waals surface area contributed by atoms with Crippen LogP contribution >= 0.6 is 0 Å². The lowest BCUT2D eigenvalue weighted by atomic mass is 10.2. The molecule has 27 heavy (non-hydrogen) atoms. The van der Waals surface area contributed by atoms with Crippen LogP contribution in [-0.2, 0) is 16.6 Å². The molecule has 0 aliphatic heterocycles. The molecule has 0 fully saturated rings. The molecule has 1 aromatic carbocycles. The first-order valence-corrected chi connectivity index (χ1v) is 9.28. The molecule has 2 aromatic heterocycles. The zero-order valence-electron chi connectivity index (χ0n) is 14.2. The van der Waals surface area contributed by atoms with E-state index in [0.717, 1.165) is 12.1 Å². The molecule has 0 aliphatic rings. The van der Waals surface area contributed by atoms with Crippen LogP contribution in [0.3, 0.4) is 0 Å². The van der Waals surface area contributed by atoms with Gasteiger partial charge in [0, 0.05) is 24.4 Å². The highest BCUT2D eigenvalue weighted by Crippen LogP contribution is 2.22. The van der Waals surface area contributed by atoms with Gasteiger partial charge in [-0.1, -0.05) is 6.07 Å². The Labute approximate surface area is 154 Å². The summed E-state index contributed by atoms with van der Waals surface area (Å²) in [6.07, 6.45) is 1.61. The van der Waals surface area contributed by atoms with Crippen molar-refractivity contribution >= 4 is 10.0 Å². The Kier molecular flexibility index (Phi) is 5.43. The third kappa shape index (κ3) is 4.63. The van der Waals surface area contributed by atoms with Gasteiger partial charge in [0.1, 0.15) is 17.4 Å². The van der Waals surface area contributed by atoms with Crippen LogP contribution in [0.4, 0.5) is 8.78 Å². The van der Waals surface area contributed by atoms with Crippen molar-refractivity contribution in [2.75, 3.05) is 7.11 Å². The van der Waals surface area contributed by atoms with Crippen molar-refractivity contribution in [2.45, 2.75) is 11.4 Å². The lowest BCUT2D eigenvalue weighted by Crippen LogP contribution is -2.24. The fourth-order valence-electron chi connectivity index (χ4n) is 2.35. The van der Waals surface area contributed by atoms with Gasteiger partial charge in [0.2, 0.25) is 10.0 Å². The first-order valence-electron chi connectivity index (χ1n) is 7.79. The van der Waals surface area contributed by atoms with Gasteiger partial charge in [0.25, 0.3) is 0 Å². The number of aromatic nitrogens is 2. The molecule has 6 nitrogen and oxygen atoms in total. The Morgan fingerprint density at radius 2 is 1.78 bits per heavy atom. The molecule has 0 aliphatic carbocycles. The molecule has 140 valence electrons. The quantitative estimate of drug-likeness (QED) is 0.699. The number of halogens is 2. The summed E-state index contributed by atoms with van der Waals surface area (Å²) in [4.78, 5) is 8.06. The molecule has 0 spiro atoms. The number of nitrogens with zero attached hydrogens (tertiary/aromatic N) is 2. The van der Waals surface area contributed by atoms with Crippen LogP contribution < -0.4 is 9.46 Å². The smallest absolute Gasteiger partial charge is 0.241 e. The lowest BCUT2D eigenvalue weighted by Gasteiger charge is -2.10. The van der Waals surface area contributed by atoms with E-state index in [-0.39, 0.29) is 6.54 Å². The molecule has 1 N–H and O–H groups in total. The van der Waals surface area contributed by atoms with E-state index in [1.165, 1.54) is 7.11 Å². The average Bonchev–Trinajstić information content (AvgIpc) is 2.66. The molecule has 0 unspecified atom stereocenters. The summed E-state index contributed by atoms with van der Waals surface area (Å²) in [7, 11) is -2.65. The lowest BCUT2D eigenvalue weighted by molar-refractivity contribution is 0.413. The van der Waals surface area contributed by atoms with Crippen LogP contribution in [0.1, 0.15) is 5.69 Å². The van der Waals surface area contributed by atoms with Crippen LogP contribution in [0.25, 0.3) is 11.4 Å². The fraction of sp³-hybridized carbons (Fsp3) is 0.111.